The number of aliphatic hydroxyl groups excluding tert-OH is 1. The Morgan fingerprint density at radius 2 is 1.57 bits per heavy atom. The van der Waals surface area contributed by atoms with Crippen molar-refractivity contribution in [2.24, 2.45) is 29.1 Å². The summed E-state index contributed by atoms with van der Waals surface area (Å²) in [6, 6.07) is 0. The Bertz CT molecular complexity index is 1150. The largest absolute Gasteiger partial charge is 0.462 e. The van der Waals surface area contributed by atoms with Crippen molar-refractivity contribution in [2.75, 3.05) is 6.61 Å². The summed E-state index contributed by atoms with van der Waals surface area (Å²) in [5.41, 5.74) is -4.93. The molecule has 0 amide bonds. The molecule has 0 aromatic carbocycles. The van der Waals surface area contributed by atoms with E-state index in [4.69, 9.17) is 9.47 Å². The molecule has 0 heterocycles. The number of carbonyl (C=O) groups excluding carboxylic acids is 3. The van der Waals surface area contributed by atoms with Crippen LogP contribution in [0.3, 0.4) is 0 Å². The quantitative estimate of drug-likeness (QED) is 0.114. The van der Waals surface area contributed by atoms with Gasteiger partial charge < -0.3 is 24.8 Å². The number of fused-ring (bicyclic) bond motifs is 3. The van der Waals surface area contributed by atoms with Crippen LogP contribution in [-0.4, -0.2) is 62.6 Å². The first-order chi connectivity index (χ1) is 20.7. The monoisotopic (exact) mass is 616 g/mol. The van der Waals surface area contributed by atoms with E-state index >= 15 is 0 Å². The first-order valence-electron chi connectivity index (χ1n) is 17.1. The van der Waals surface area contributed by atoms with Gasteiger partial charge in [-0.1, -0.05) is 90.2 Å². The van der Waals surface area contributed by atoms with Crippen LogP contribution in [0.2, 0.25) is 0 Å². The smallest absolute Gasteiger partial charge is 0.306 e. The molecule has 0 unspecified atom stereocenters. The Hall–Kier alpha value is -2.03. The lowest BCUT2D eigenvalue weighted by atomic mass is 9.65. The van der Waals surface area contributed by atoms with E-state index in [9.17, 15) is 29.7 Å². The molecule has 1 spiro atoms. The Balaban J connectivity index is 1.48. The average molecular weight is 617 g/mol. The highest BCUT2D eigenvalue weighted by Gasteiger charge is 2.96. The molecule has 248 valence electrons. The molecular formula is C36H56O8. The summed E-state index contributed by atoms with van der Waals surface area (Å²) in [6.45, 7) is 9.84. The molecule has 0 bridgehead atoms. The highest BCUT2D eigenvalue weighted by Crippen LogP contribution is 2.86. The fraction of sp³-hybridized carbons (Fsp3) is 0.806. The van der Waals surface area contributed by atoms with Crippen molar-refractivity contribution >= 4 is 17.7 Å². The summed E-state index contributed by atoms with van der Waals surface area (Å²) in [5, 5.41) is 34.1. The summed E-state index contributed by atoms with van der Waals surface area (Å²) in [6.07, 6.45) is 16.4. The van der Waals surface area contributed by atoms with Gasteiger partial charge in [0.25, 0.3) is 0 Å². The molecule has 3 N–H and O–H groups in total. The van der Waals surface area contributed by atoms with Crippen LogP contribution < -0.4 is 0 Å². The number of hydrogen-bond acceptors (Lipinski definition) is 8. The van der Waals surface area contributed by atoms with E-state index in [1.165, 1.54) is 58.3 Å². The molecule has 0 aliphatic heterocycles. The minimum atomic E-state index is -1.65. The number of ether oxygens (including phenoxy) is 2. The molecule has 0 saturated heterocycles. The first-order valence-corrected chi connectivity index (χ1v) is 17.1. The highest BCUT2D eigenvalue weighted by molar-refractivity contribution is 6.07. The lowest BCUT2D eigenvalue weighted by molar-refractivity contribution is -0.187. The Morgan fingerprint density at radius 3 is 2.09 bits per heavy atom. The minimum absolute atomic E-state index is 0.232. The van der Waals surface area contributed by atoms with E-state index in [0.29, 0.717) is 11.1 Å². The zero-order valence-corrected chi connectivity index (χ0v) is 27.8. The maximum atomic E-state index is 13.8. The van der Waals surface area contributed by atoms with E-state index in [1.807, 2.05) is 6.92 Å². The number of esters is 2. The van der Waals surface area contributed by atoms with Crippen molar-refractivity contribution in [3.05, 3.63) is 23.3 Å². The van der Waals surface area contributed by atoms with Crippen molar-refractivity contribution in [2.45, 2.75) is 148 Å². The number of hydrogen-bond donors (Lipinski definition) is 3. The maximum Gasteiger partial charge on any atom is 0.306 e. The number of unbranched alkanes of at least 4 members (excludes halogenated alkanes) is 10. The van der Waals surface area contributed by atoms with Gasteiger partial charge in [0, 0.05) is 48.9 Å². The standard InChI is InChI=1S/C36H56O8/c1-7-8-9-10-11-12-13-14-15-16-17-18-30(39)43-28-20-26(22-37)21-29-34(24(28)3)31(36(34,42)33(5,6)41)27-19-23(2)32(40)35(27,29)44-25(4)38/h19,21,24,27-29,31,37,41-42H,7-18,20,22H2,1-6H3/t24-,27+,28-,29-,31-,34+,35-,36-/m0/s1. The molecule has 0 aromatic rings. The average Bonchev–Trinajstić information content (AvgIpc) is 3.39. The molecule has 2 saturated carbocycles. The normalized spacial score (nSPS) is 35.7. The van der Waals surface area contributed by atoms with Crippen LogP contribution in [0.4, 0.5) is 0 Å². The van der Waals surface area contributed by atoms with Crippen LogP contribution in [0.15, 0.2) is 23.3 Å². The second-order valence-electron chi connectivity index (χ2n) is 14.6. The van der Waals surface area contributed by atoms with E-state index in [0.717, 1.165) is 19.3 Å². The third-order valence-electron chi connectivity index (χ3n) is 11.4. The topological polar surface area (TPSA) is 130 Å². The van der Waals surface area contributed by atoms with Crippen molar-refractivity contribution < 1.29 is 39.2 Å². The molecule has 4 aliphatic rings. The van der Waals surface area contributed by atoms with Crippen molar-refractivity contribution in [1.29, 1.82) is 0 Å². The van der Waals surface area contributed by atoms with Gasteiger partial charge in [-0.2, -0.15) is 0 Å². The van der Waals surface area contributed by atoms with Crippen LogP contribution in [0.1, 0.15) is 125 Å². The summed E-state index contributed by atoms with van der Waals surface area (Å²) >= 11 is 0. The van der Waals surface area contributed by atoms with Gasteiger partial charge in [0.15, 0.2) is 5.60 Å². The van der Waals surface area contributed by atoms with Crippen molar-refractivity contribution in [3.8, 4) is 0 Å². The zero-order chi connectivity index (χ0) is 32.5. The SMILES string of the molecule is CCCCCCCCCCCCCC(=O)O[C@H]1CC(CO)=C[C@@H]2[C@]3(OC(C)=O)C(=O)C(C)=C[C@@H]3[C@H]3[C@]2([C@H]1C)[C@@]3(O)C(C)(C)O. The lowest BCUT2D eigenvalue weighted by Gasteiger charge is -2.45. The second-order valence-corrected chi connectivity index (χ2v) is 14.6. The van der Waals surface area contributed by atoms with Gasteiger partial charge >= 0.3 is 11.9 Å². The molecule has 8 atom stereocenters. The molecule has 8 nitrogen and oxygen atoms in total. The van der Waals surface area contributed by atoms with Crippen molar-refractivity contribution in [3.63, 3.8) is 0 Å². The number of aliphatic hydroxyl groups is 3. The lowest BCUT2D eigenvalue weighted by Crippen LogP contribution is -2.59. The predicted molar refractivity (Wildman–Crippen MR) is 167 cm³/mol. The minimum Gasteiger partial charge on any atom is -0.462 e. The summed E-state index contributed by atoms with van der Waals surface area (Å²) in [4.78, 5) is 39.4. The number of rotatable bonds is 16. The second kappa shape index (κ2) is 13.4. The molecule has 4 rings (SSSR count). The van der Waals surface area contributed by atoms with Gasteiger partial charge in [0.2, 0.25) is 5.78 Å². The zero-order valence-electron chi connectivity index (χ0n) is 27.8. The fourth-order valence-corrected chi connectivity index (χ4v) is 9.47. The fourth-order valence-electron chi connectivity index (χ4n) is 9.47. The third-order valence-corrected chi connectivity index (χ3v) is 11.4. The summed E-state index contributed by atoms with van der Waals surface area (Å²) in [7, 11) is 0. The molecule has 4 aliphatic carbocycles. The van der Waals surface area contributed by atoms with Gasteiger partial charge in [-0.05, 0) is 38.3 Å². The van der Waals surface area contributed by atoms with Crippen LogP contribution in [0.5, 0.6) is 0 Å². The van der Waals surface area contributed by atoms with Gasteiger partial charge in [-0.25, -0.2) is 0 Å². The highest BCUT2D eigenvalue weighted by atomic mass is 16.6. The predicted octanol–water partition coefficient (Wildman–Crippen LogP) is 5.75. The molecule has 2 fully saturated rings. The molecule has 8 heteroatoms. The van der Waals surface area contributed by atoms with Gasteiger partial charge in [-0.15, -0.1) is 0 Å². The third kappa shape index (κ3) is 5.62. The Labute approximate surface area is 263 Å². The molecular weight excluding hydrogens is 560 g/mol. The molecule has 0 aromatic heterocycles. The molecule has 0 radical (unpaired) electrons. The molecule has 44 heavy (non-hydrogen) atoms. The Morgan fingerprint density at radius 1 is 1.00 bits per heavy atom. The summed E-state index contributed by atoms with van der Waals surface area (Å²) < 4.78 is 12.1. The van der Waals surface area contributed by atoms with Crippen LogP contribution in [0.25, 0.3) is 0 Å². The summed E-state index contributed by atoms with van der Waals surface area (Å²) in [5.74, 6) is -3.87. The number of ketones is 1. The van der Waals surface area contributed by atoms with Crippen LogP contribution in [0, 0.1) is 29.1 Å². The van der Waals surface area contributed by atoms with Crippen LogP contribution in [-0.2, 0) is 23.9 Å². The van der Waals surface area contributed by atoms with Crippen molar-refractivity contribution in [1.82, 2.24) is 0 Å². The Kier molecular flexibility index (Phi) is 10.6. The number of carbonyl (C=O) groups is 3. The van der Waals surface area contributed by atoms with Gasteiger partial charge in [-0.3, -0.25) is 14.4 Å². The first kappa shape index (κ1) is 34.8. The van der Waals surface area contributed by atoms with Gasteiger partial charge in [0.1, 0.15) is 11.7 Å². The van der Waals surface area contributed by atoms with E-state index in [2.05, 4.69) is 6.92 Å². The van der Waals surface area contributed by atoms with Gasteiger partial charge in [0.05, 0.1) is 12.2 Å². The maximum absolute atomic E-state index is 13.8. The van der Waals surface area contributed by atoms with E-state index < -0.39 is 58.0 Å². The van der Waals surface area contributed by atoms with Crippen LogP contribution >= 0.6 is 0 Å². The van der Waals surface area contributed by atoms with E-state index in [1.54, 1.807) is 32.9 Å². The van der Waals surface area contributed by atoms with E-state index in [-0.39, 0.29) is 31.2 Å². The number of Topliss-reactive ketones (excluding diaryl/α,β-unsaturated/α-hetero) is 1.